The summed E-state index contributed by atoms with van der Waals surface area (Å²) in [5.41, 5.74) is 2.21. The van der Waals surface area contributed by atoms with Gasteiger partial charge in [-0.1, -0.05) is 12.1 Å². The minimum Gasteiger partial charge on any atom is -0.389 e. The van der Waals surface area contributed by atoms with Crippen LogP contribution in [0.2, 0.25) is 0 Å². The summed E-state index contributed by atoms with van der Waals surface area (Å²) in [6.07, 6.45) is 1.09. The second-order valence-electron chi connectivity index (χ2n) is 4.31. The van der Waals surface area contributed by atoms with Gasteiger partial charge in [-0.25, -0.2) is 4.98 Å². The van der Waals surface area contributed by atoms with Crippen LogP contribution in [0, 0.1) is 11.3 Å². The lowest BCUT2D eigenvalue weighted by Gasteiger charge is -2.22. The van der Waals surface area contributed by atoms with E-state index >= 15 is 0 Å². The Kier molecular flexibility index (Phi) is 3.79. The van der Waals surface area contributed by atoms with E-state index in [0.717, 1.165) is 11.3 Å². The van der Waals surface area contributed by atoms with Crippen LogP contribution in [0.25, 0.3) is 0 Å². The minimum atomic E-state index is -0.592. The van der Waals surface area contributed by atoms with E-state index < -0.39 is 6.10 Å². The number of benzene rings is 1. The maximum Gasteiger partial charge on any atom is 0.138 e. The first kappa shape index (κ1) is 13.1. The van der Waals surface area contributed by atoms with Crippen LogP contribution in [-0.2, 0) is 0 Å². The Morgan fingerprint density at radius 2 is 2.11 bits per heavy atom. The highest BCUT2D eigenvalue weighted by atomic mass is 16.3. The number of pyridine rings is 1. The number of hydrogen-bond donors (Lipinski definition) is 1. The molecule has 0 amide bonds. The summed E-state index contributed by atoms with van der Waals surface area (Å²) in [6.45, 7) is 1.71. The van der Waals surface area contributed by atoms with E-state index in [9.17, 15) is 5.11 Å². The van der Waals surface area contributed by atoms with Gasteiger partial charge in [0, 0.05) is 24.5 Å². The van der Waals surface area contributed by atoms with Gasteiger partial charge in [-0.05, 0) is 31.2 Å². The molecule has 2 rings (SSSR count). The van der Waals surface area contributed by atoms with E-state index in [-0.39, 0.29) is 0 Å². The van der Waals surface area contributed by atoms with Gasteiger partial charge in [0.1, 0.15) is 5.82 Å². The van der Waals surface area contributed by atoms with Gasteiger partial charge in [-0.3, -0.25) is 0 Å². The van der Waals surface area contributed by atoms with Gasteiger partial charge in [0.15, 0.2) is 0 Å². The third-order valence-electron chi connectivity index (χ3n) is 2.95. The Morgan fingerprint density at radius 1 is 1.32 bits per heavy atom. The maximum absolute atomic E-state index is 9.78. The third-order valence-corrected chi connectivity index (χ3v) is 2.95. The van der Waals surface area contributed by atoms with Crippen LogP contribution < -0.4 is 4.90 Å². The lowest BCUT2D eigenvalue weighted by Crippen LogP contribution is -2.14. The molecule has 1 aromatic heterocycles. The number of rotatable bonds is 3. The van der Waals surface area contributed by atoms with E-state index in [4.69, 9.17) is 5.26 Å². The summed E-state index contributed by atoms with van der Waals surface area (Å²) in [5, 5.41) is 18.7. The number of nitrogens with zero attached hydrogens (tertiary/aromatic N) is 3. The highest BCUT2D eigenvalue weighted by Gasteiger charge is 2.14. The van der Waals surface area contributed by atoms with Gasteiger partial charge >= 0.3 is 0 Å². The Bertz CT molecular complexity index is 617. The Balaban J connectivity index is 2.44. The summed E-state index contributed by atoms with van der Waals surface area (Å²) in [7, 11) is 1.87. The fourth-order valence-corrected chi connectivity index (χ4v) is 1.92. The molecule has 1 atom stereocenters. The van der Waals surface area contributed by atoms with Crippen molar-refractivity contribution in [1.29, 1.82) is 5.26 Å². The predicted octanol–water partition coefficient (Wildman–Crippen LogP) is 2.77. The first-order valence-electron chi connectivity index (χ1n) is 6.00. The van der Waals surface area contributed by atoms with Crippen molar-refractivity contribution in [2.45, 2.75) is 13.0 Å². The van der Waals surface area contributed by atoms with Crippen molar-refractivity contribution >= 4 is 11.5 Å². The van der Waals surface area contributed by atoms with Gasteiger partial charge in [0.2, 0.25) is 0 Å². The van der Waals surface area contributed by atoms with Crippen LogP contribution in [0.4, 0.5) is 11.5 Å². The predicted molar refractivity (Wildman–Crippen MR) is 74.1 cm³/mol. The van der Waals surface area contributed by atoms with E-state index in [1.165, 1.54) is 0 Å². The average molecular weight is 253 g/mol. The van der Waals surface area contributed by atoms with E-state index in [1.807, 2.05) is 30.1 Å². The molecular formula is C15H15N3O. The Labute approximate surface area is 112 Å². The molecule has 0 saturated carbocycles. The first-order chi connectivity index (χ1) is 9.13. The molecule has 0 aliphatic carbocycles. The quantitative estimate of drug-likeness (QED) is 0.913. The SMILES string of the molecule is C[C@H](O)c1cccnc1N(C)c1cccc(C#N)c1. The molecule has 0 radical (unpaired) electrons. The Hall–Kier alpha value is -2.38. The number of aromatic nitrogens is 1. The molecule has 19 heavy (non-hydrogen) atoms. The lowest BCUT2D eigenvalue weighted by molar-refractivity contribution is 0.199. The molecule has 0 spiro atoms. The van der Waals surface area contributed by atoms with Crippen molar-refractivity contribution in [1.82, 2.24) is 4.98 Å². The molecular weight excluding hydrogens is 238 g/mol. The number of hydrogen-bond acceptors (Lipinski definition) is 4. The third kappa shape index (κ3) is 2.72. The molecule has 0 fully saturated rings. The summed E-state index contributed by atoms with van der Waals surface area (Å²) < 4.78 is 0. The summed E-state index contributed by atoms with van der Waals surface area (Å²) >= 11 is 0. The normalized spacial score (nSPS) is 11.7. The highest BCUT2D eigenvalue weighted by Crippen LogP contribution is 2.28. The molecule has 2 aromatic rings. The zero-order valence-electron chi connectivity index (χ0n) is 10.9. The molecule has 0 saturated heterocycles. The van der Waals surface area contributed by atoms with Crippen molar-refractivity contribution in [2.75, 3.05) is 11.9 Å². The molecule has 4 heteroatoms. The molecule has 0 aliphatic rings. The van der Waals surface area contributed by atoms with Crippen molar-refractivity contribution in [2.24, 2.45) is 0 Å². The van der Waals surface area contributed by atoms with Gasteiger partial charge in [-0.2, -0.15) is 5.26 Å². The minimum absolute atomic E-state index is 0.592. The molecule has 0 bridgehead atoms. The van der Waals surface area contributed by atoms with Gasteiger partial charge in [-0.15, -0.1) is 0 Å². The Morgan fingerprint density at radius 3 is 2.79 bits per heavy atom. The topological polar surface area (TPSA) is 60.2 Å². The zero-order valence-corrected chi connectivity index (χ0v) is 10.9. The van der Waals surface area contributed by atoms with Crippen molar-refractivity contribution < 1.29 is 5.11 Å². The summed E-state index contributed by atoms with van der Waals surface area (Å²) in [5.74, 6) is 0.688. The monoisotopic (exact) mass is 253 g/mol. The van der Waals surface area contributed by atoms with Crippen LogP contribution in [0.5, 0.6) is 0 Å². The smallest absolute Gasteiger partial charge is 0.138 e. The molecule has 1 heterocycles. The number of aliphatic hydroxyl groups excluding tert-OH is 1. The van der Waals surface area contributed by atoms with E-state index in [2.05, 4.69) is 11.1 Å². The maximum atomic E-state index is 9.78. The average Bonchev–Trinajstić information content (AvgIpc) is 2.46. The number of nitriles is 1. The van der Waals surface area contributed by atoms with Crippen LogP contribution in [0.1, 0.15) is 24.2 Å². The number of anilines is 2. The molecule has 4 nitrogen and oxygen atoms in total. The van der Waals surface area contributed by atoms with Crippen LogP contribution in [0.3, 0.4) is 0 Å². The van der Waals surface area contributed by atoms with Crippen LogP contribution in [0.15, 0.2) is 42.6 Å². The fraction of sp³-hybridized carbons (Fsp3) is 0.200. The molecule has 1 aromatic carbocycles. The van der Waals surface area contributed by atoms with Crippen molar-refractivity contribution in [3.63, 3.8) is 0 Å². The summed E-state index contributed by atoms with van der Waals surface area (Å²) in [6, 6.07) is 13.0. The van der Waals surface area contributed by atoms with Gasteiger partial charge in [0.25, 0.3) is 0 Å². The van der Waals surface area contributed by atoms with E-state index in [1.54, 1.807) is 31.3 Å². The summed E-state index contributed by atoms with van der Waals surface area (Å²) in [4.78, 5) is 6.18. The second kappa shape index (κ2) is 5.51. The van der Waals surface area contributed by atoms with Crippen molar-refractivity contribution in [3.05, 3.63) is 53.7 Å². The first-order valence-corrected chi connectivity index (χ1v) is 6.00. The molecule has 0 aliphatic heterocycles. The van der Waals surface area contributed by atoms with E-state index in [0.29, 0.717) is 11.4 Å². The molecule has 1 N–H and O–H groups in total. The second-order valence-corrected chi connectivity index (χ2v) is 4.31. The lowest BCUT2D eigenvalue weighted by atomic mass is 10.1. The van der Waals surface area contributed by atoms with Crippen LogP contribution in [-0.4, -0.2) is 17.1 Å². The fourth-order valence-electron chi connectivity index (χ4n) is 1.92. The highest BCUT2D eigenvalue weighted by molar-refractivity contribution is 5.63. The van der Waals surface area contributed by atoms with Crippen LogP contribution >= 0.6 is 0 Å². The molecule has 96 valence electrons. The van der Waals surface area contributed by atoms with Gasteiger partial charge < -0.3 is 10.0 Å². The standard InChI is InChI=1S/C15H15N3O/c1-11(19)14-7-4-8-17-15(14)18(2)13-6-3-5-12(9-13)10-16/h3-9,11,19H,1-2H3/t11-/m0/s1. The molecule has 0 unspecified atom stereocenters. The zero-order chi connectivity index (χ0) is 13.8. The van der Waals surface area contributed by atoms with Gasteiger partial charge in [0.05, 0.1) is 17.7 Å². The van der Waals surface area contributed by atoms with Crippen molar-refractivity contribution in [3.8, 4) is 6.07 Å². The number of aliphatic hydroxyl groups is 1. The largest absolute Gasteiger partial charge is 0.389 e.